The van der Waals surface area contributed by atoms with E-state index in [9.17, 15) is 29.1 Å². The van der Waals surface area contributed by atoms with Crippen molar-refractivity contribution in [1.29, 1.82) is 0 Å². The van der Waals surface area contributed by atoms with Gasteiger partial charge in [0.25, 0.3) is 5.91 Å². The molecule has 6 N–H and O–H groups in total. The molecule has 0 fully saturated rings. The molecule has 1 aromatic heterocycles. The van der Waals surface area contributed by atoms with Crippen LogP contribution in [0.25, 0.3) is 11.0 Å². The monoisotopic (exact) mass is 425 g/mol. The third-order valence-electron chi connectivity index (χ3n) is 4.11. The van der Waals surface area contributed by atoms with Gasteiger partial charge in [0.05, 0.1) is 27.8 Å². The standard InChI is InChI=1S/C19H15N5O7/c1-8(25)15(16(26)20-10-3-5-12-14(7-10)22-19(31)21-12)24-23-13-6-9(17(27)28)2-4-11(13)18(29)30/h2-7,23H,1H3,(H,20,26)(H,27,28)(H,29,30)(H2,21,22,31)/b24-15-. The number of fused-ring (bicyclic) bond motifs is 1. The molecule has 0 unspecified atom stereocenters. The van der Waals surface area contributed by atoms with Gasteiger partial charge in [-0.05, 0) is 36.4 Å². The molecule has 0 radical (unpaired) electrons. The number of anilines is 2. The summed E-state index contributed by atoms with van der Waals surface area (Å²) in [6, 6.07) is 7.68. The summed E-state index contributed by atoms with van der Waals surface area (Å²) >= 11 is 0. The minimum atomic E-state index is -1.36. The molecule has 0 saturated carbocycles. The highest BCUT2D eigenvalue weighted by Gasteiger charge is 2.19. The number of carboxylic acid groups (broad SMARTS) is 2. The van der Waals surface area contributed by atoms with Crippen LogP contribution in [0, 0.1) is 0 Å². The van der Waals surface area contributed by atoms with E-state index in [1.807, 2.05) is 0 Å². The van der Waals surface area contributed by atoms with Crippen molar-refractivity contribution in [3.8, 4) is 0 Å². The second-order valence-corrected chi connectivity index (χ2v) is 6.29. The Hall–Kier alpha value is -4.74. The van der Waals surface area contributed by atoms with Crippen LogP contribution in [0.3, 0.4) is 0 Å². The van der Waals surface area contributed by atoms with Gasteiger partial charge >= 0.3 is 17.6 Å². The van der Waals surface area contributed by atoms with Crippen molar-refractivity contribution in [2.75, 3.05) is 10.7 Å². The Kier molecular flexibility index (Phi) is 5.63. The normalized spacial score (nSPS) is 11.2. The smallest absolute Gasteiger partial charge is 0.337 e. The van der Waals surface area contributed by atoms with E-state index in [0.717, 1.165) is 25.1 Å². The number of hydrogen-bond donors (Lipinski definition) is 6. The summed E-state index contributed by atoms with van der Waals surface area (Å²) in [5.74, 6) is -4.29. The van der Waals surface area contributed by atoms with Crippen molar-refractivity contribution in [3.05, 3.63) is 58.0 Å². The van der Waals surface area contributed by atoms with Crippen molar-refractivity contribution in [3.63, 3.8) is 0 Å². The van der Waals surface area contributed by atoms with Gasteiger partial charge < -0.3 is 25.5 Å². The fourth-order valence-corrected chi connectivity index (χ4v) is 2.66. The number of carbonyl (C=O) groups excluding carboxylic acids is 2. The molecule has 3 aromatic rings. The second-order valence-electron chi connectivity index (χ2n) is 6.29. The molecule has 1 heterocycles. The molecule has 12 heteroatoms. The quantitative estimate of drug-likeness (QED) is 0.185. The van der Waals surface area contributed by atoms with E-state index in [1.54, 1.807) is 6.07 Å². The third kappa shape index (κ3) is 4.64. The van der Waals surface area contributed by atoms with Gasteiger partial charge in [0, 0.05) is 12.6 Å². The number of nitrogens with one attached hydrogen (secondary N) is 4. The zero-order valence-corrected chi connectivity index (χ0v) is 15.8. The zero-order valence-electron chi connectivity index (χ0n) is 15.8. The number of aromatic amines is 2. The Labute approximate surface area is 172 Å². The van der Waals surface area contributed by atoms with Gasteiger partial charge in [0.15, 0.2) is 11.5 Å². The molecule has 31 heavy (non-hydrogen) atoms. The lowest BCUT2D eigenvalue weighted by Gasteiger charge is -2.09. The number of H-pyrrole nitrogens is 2. The van der Waals surface area contributed by atoms with Crippen LogP contribution >= 0.6 is 0 Å². The Balaban J connectivity index is 1.88. The van der Waals surface area contributed by atoms with E-state index in [2.05, 4.69) is 25.8 Å². The number of carboxylic acids is 2. The summed E-state index contributed by atoms with van der Waals surface area (Å²) in [7, 11) is 0. The SMILES string of the molecule is CC(=O)/C(=N/Nc1cc(C(=O)O)ccc1C(=O)O)C(=O)Nc1ccc2[nH]c(=O)[nH]c2c1. The Morgan fingerprint density at radius 1 is 0.935 bits per heavy atom. The Morgan fingerprint density at radius 3 is 2.29 bits per heavy atom. The lowest BCUT2D eigenvalue weighted by atomic mass is 10.1. The fourth-order valence-electron chi connectivity index (χ4n) is 2.66. The number of carbonyl (C=O) groups is 4. The molecule has 0 spiro atoms. The van der Waals surface area contributed by atoms with Crippen LogP contribution in [-0.4, -0.2) is 49.5 Å². The maximum absolute atomic E-state index is 12.5. The number of aromatic nitrogens is 2. The molecule has 0 saturated heterocycles. The van der Waals surface area contributed by atoms with Crippen molar-refractivity contribution < 1.29 is 29.4 Å². The molecular weight excluding hydrogens is 410 g/mol. The molecule has 0 atom stereocenters. The topological polar surface area (TPSA) is 194 Å². The van der Waals surface area contributed by atoms with Crippen molar-refractivity contribution in [2.24, 2.45) is 5.10 Å². The first kappa shape index (κ1) is 21.0. The van der Waals surface area contributed by atoms with Crippen LogP contribution in [0.5, 0.6) is 0 Å². The van der Waals surface area contributed by atoms with Crippen molar-refractivity contribution >= 4 is 51.7 Å². The molecule has 2 aromatic carbocycles. The summed E-state index contributed by atoms with van der Waals surface area (Å²) in [5.41, 5.74) is 1.74. The fraction of sp³-hybridized carbons (Fsp3) is 0.0526. The number of hydrogen-bond acceptors (Lipinski definition) is 7. The molecule has 12 nitrogen and oxygen atoms in total. The number of hydrazone groups is 1. The molecule has 0 bridgehead atoms. The highest BCUT2D eigenvalue weighted by atomic mass is 16.4. The summed E-state index contributed by atoms with van der Waals surface area (Å²) in [4.78, 5) is 63.3. The average Bonchev–Trinajstić information content (AvgIpc) is 3.06. The summed E-state index contributed by atoms with van der Waals surface area (Å²) < 4.78 is 0. The molecule has 1 amide bonds. The molecular formula is C19H15N5O7. The van der Waals surface area contributed by atoms with Crippen LogP contribution in [0.4, 0.5) is 11.4 Å². The van der Waals surface area contributed by atoms with E-state index in [1.165, 1.54) is 12.1 Å². The van der Waals surface area contributed by atoms with Crippen molar-refractivity contribution in [1.82, 2.24) is 9.97 Å². The van der Waals surface area contributed by atoms with Gasteiger partial charge in [-0.25, -0.2) is 14.4 Å². The number of amides is 1. The van der Waals surface area contributed by atoms with Gasteiger partial charge in [0.2, 0.25) is 0 Å². The highest BCUT2D eigenvalue weighted by molar-refractivity contribution is 6.67. The number of imidazole rings is 1. The predicted molar refractivity (Wildman–Crippen MR) is 110 cm³/mol. The number of ketones is 1. The lowest BCUT2D eigenvalue weighted by Crippen LogP contribution is -2.29. The number of benzene rings is 2. The van der Waals surface area contributed by atoms with E-state index >= 15 is 0 Å². The van der Waals surface area contributed by atoms with Crippen LogP contribution in [-0.2, 0) is 9.59 Å². The highest BCUT2D eigenvalue weighted by Crippen LogP contribution is 2.19. The average molecular weight is 425 g/mol. The van der Waals surface area contributed by atoms with Crippen LogP contribution < -0.4 is 16.4 Å². The predicted octanol–water partition coefficient (Wildman–Crippen LogP) is 1.25. The largest absolute Gasteiger partial charge is 0.478 e. The summed E-state index contributed by atoms with van der Waals surface area (Å²) in [6.45, 7) is 1.08. The molecule has 0 aliphatic carbocycles. The van der Waals surface area contributed by atoms with Gasteiger partial charge in [-0.2, -0.15) is 5.10 Å². The lowest BCUT2D eigenvalue weighted by molar-refractivity contribution is -0.114. The van der Waals surface area contributed by atoms with Crippen molar-refractivity contribution in [2.45, 2.75) is 6.92 Å². The first-order chi connectivity index (χ1) is 14.7. The minimum Gasteiger partial charge on any atom is -0.478 e. The maximum atomic E-state index is 12.5. The first-order valence-electron chi connectivity index (χ1n) is 8.64. The maximum Gasteiger partial charge on any atom is 0.337 e. The van der Waals surface area contributed by atoms with Gasteiger partial charge in [0.1, 0.15) is 0 Å². The van der Waals surface area contributed by atoms with Gasteiger partial charge in [-0.3, -0.25) is 15.0 Å². The molecule has 0 aliphatic rings. The molecule has 3 rings (SSSR count). The zero-order chi connectivity index (χ0) is 22.7. The second kappa shape index (κ2) is 8.32. The third-order valence-corrected chi connectivity index (χ3v) is 4.11. The van der Waals surface area contributed by atoms with Crippen LogP contribution in [0.1, 0.15) is 27.6 Å². The first-order valence-corrected chi connectivity index (χ1v) is 8.64. The van der Waals surface area contributed by atoms with Crippen LogP contribution in [0.15, 0.2) is 46.3 Å². The minimum absolute atomic E-state index is 0.217. The summed E-state index contributed by atoms with van der Waals surface area (Å²) in [5, 5.41) is 24.5. The van der Waals surface area contributed by atoms with Crippen LogP contribution in [0.2, 0.25) is 0 Å². The Bertz CT molecular complexity index is 1320. The number of nitrogens with zero attached hydrogens (tertiary/aromatic N) is 1. The molecule has 0 aliphatic heterocycles. The molecule has 158 valence electrons. The number of Topliss-reactive ketones (excluding diaryl/α,β-unsaturated/α-hetero) is 1. The van der Waals surface area contributed by atoms with Gasteiger partial charge in [-0.15, -0.1) is 0 Å². The Morgan fingerprint density at radius 2 is 1.65 bits per heavy atom. The van der Waals surface area contributed by atoms with Gasteiger partial charge in [-0.1, -0.05) is 0 Å². The van der Waals surface area contributed by atoms with E-state index in [0.29, 0.717) is 11.0 Å². The number of rotatable bonds is 7. The number of aromatic carboxylic acids is 2. The summed E-state index contributed by atoms with van der Waals surface area (Å²) in [6.07, 6.45) is 0. The van der Waals surface area contributed by atoms with E-state index in [4.69, 9.17) is 5.11 Å². The van der Waals surface area contributed by atoms with E-state index in [-0.39, 0.29) is 22.5 Å². The van der Waals surface area contributed by atoms with E-state index < -0.39 is 35.0 Å².